The number of aliphatic hydroxyl groups excluding tert-OH is 4. The summed E-state index contributed by atoms with van der Waals surface area (Å²) in [5.74, 6) is -2.28. The van der Waals surface area contributed by atoms with Gasteiger partial charge in [0, 0.05) is 17.7 Å². The molecule has 0 unspecified atom stereocenters. The molecule has 0 amide bonds. The minimum absolute atomic E-state index is 0.0304. The van der Waals surface area contributed by atoms with E-state index in [9.17, 15) is 45.6 Å². The van der Waals surface area contributed by atoms with Crippen LogP contribution in [0.3, 0.4) is 0 Å². The maximum Gasteiger partial charge on any atom is 0.197 e. The van der Waals surface area contributed by atoms with Crippen molar-refractivity contribution in [2.24, 2.45) is 0 Å². The highest BCUT2D eigenvalue weighted by atomic mass is 16.5. The highest BCUT2D eigenvalue weighted by Gasteiger charge is 2.46. The van der Waals surface area contributed by atoms with Crippen LogP contribution in [0.4, 0.5) is 0 Å². The summed E-state index contributed by atoms with van der Waals surface area (Å²) in [4.78, 5) is 12.8. The normalized spacial score (nSPS) is 25.8. The van der Waals surface area contributed by atoms with Crippen molar-refractivity contribution in [1.82, 2.24) is 0 Å². The Morgan fingerprint density at radius 2 is 1.56 bits per heavy atom. The average Bonchev–Trinajstić information content (AvgIpc) is 2.74. The van der Waals surface area contributed by atoms with Gasteiger partial charge in [-0.2, -0.15) is 0 Å². The first kappa shape index (κ1) is 21.9. The molecule has 0 spiro atoms. The zero-order valence-electron chi connectivity index (χ0n) is 16.3. The van der Waals surface area contributed by atoms with E-state index < -0.39 is 65.4 Å². The first-order valence-corrected chi connectivity index (χ1v) is 9.49. The smallest absolute Gasteiger partial charge is 0.197 e. The Bertz CT molecular complexity index is 1230. The summed E-state index contributed by atoms with van der Waals surface area (Å²) in [6, 6.07) is 5.73. The topological polar surface area (TPSA) is 201 Å². The van der Waals surface area contributed by atoms with Gasteiger partial charge in [0.1, 0.15) is 58.7 Å². The van der Waals surface area contributed by atoms with Crippen LogP contribution in [0.2, 0.25) is 0 Å². The molecule has 0 aliphatic carbocycles. The number of phenolic OH excluding ortho intramolecular Hbond substituents is 4. The molecule has 5 atom stereocenters. The number of phenols is 4. The molecule has 1 fully saturated rings. The second kappa shape index (κ2) is 7.97. The molecule has 1 aliphatic rings. The molecule has 3 aromatic rings. The van der Waals surface area contributed by atoms with E-state index in [1.54, 1.807) is 0 Å². The van der Waals surface area contributed by atoms with Crippen molar-refractivity contribution in [2.75, 3.05) is 6.61 Å². The number of fused-ring (bicyclic) bond motifs is 1. The number of hydrogen-bond acceptors (Lipinski definition) is 11. The molecular weight excluding hydrogens is 428 g/mol. The van der Waals surface area contributed by atoms with E-state index in [1.807, 2.05) is 0 Å². The van der Waals surface area contributed by atoms with Gasteiger partial charge in [-0.05, 0) is 18.2 Å². The average molecular weight is 448 g/mol. The molecule has 1 aromatic heterocycles. The van der Waals surface area contributed by atoms with Gasteiger partial charge in [-0.3, -0.25) is 4.79 Å². The maximum absolute atomic E-state index is 12.8. The van der Waals surface area contributed by atoms with Crippen molar-refractivity contribution in [3.8, 4) is 34.3 Å². The van der Waals surface area contributed by atoms with E-state index in [0.29, 0.717) is 0 Å². The second-order valence-corrected chi connectivity index (χ2v) is 7.46. The summed E-state index contributed by atoms with van der Waals surface area (Å²) < 4.78 is 11.0. The summed E-state index contributed by atoms with van der Waals surface area (Å²) in [6.45, 7) is -0.721. The van der Waals surface area contributed by atoms with Crippen LogP contribution in [0.1, 0.15) is 11.7 Å². The molecule has 11 nitrogen and oxygen atoms in total. The molecule has 4 rings (SSSR count). The number of aliphatic hydroxyl groups is 4. The first-order chi connectivity index (χ1) is 15.1. The lowest BCUT2D eigenvalue weighted by atomic mass is 9.89. The van der Waals surface area contributed by atoms with Gasteiger partial charge in [-0.15, -0.1) is 0 Å². The van der Waals surface area contributed by atoms with Crippen molar-refractivity contribution in [1.29, 1.82) is 0 Å². The molecule has 11 heteroatoms. The summed E-state index contributed by atoms with van der Waals surface area (Å²) in [5, 5.41) is 79.6. The Morgan fingerprint density at radius 1 is 0.844 bits per heavy atom. The van der Waals surface area contributed by atoms with Gasteiger partial charge in [0.05, 0.1) is 12.2 Å². The van der Waals surface area contributed by atoms with Crippen LogP contribution in [-0.4, -0.2) is 71.9 Å². The minimum atomic E-state index is -1.80. The van der Waals surface area contributed by atoms with Crippen LogP contribution < -0.4 is 5.43 Å². The van der Waals surface area contributed by atoms with Crippen molar-refractivity contribution >= 4 is 11.0 Å². The van der Waals surface area contributed by atoms with Gasteiger partial charge in [-0.1, -0.05) is 0 Å². The van der Waals surface area contributed by atoms with E-state index in [-0.39, 0.29) is 28.0 Å². The zero-order chi connectivity index (χ0) is 23.3. The first-order valence-electron chi connectivity index (χ1n) is 9.49. The standard InChI is InChI=1S/C21H20O11/c22-6-14-17(27)19(29)20(30)21(32-14)16-11(26)5-13-15(18(16)28)10(25)4-12(31-13)7-1-2-8(23)9(24)3-7/h1-5,14,17,19-24,26-30H,6H2/t14-,17+,19+,20+,21+/m1/s1. The van der Waals surface area contributed by atoms with Gasteiger partial charge in [0.2, 0.25) is 0 Å². The third-order valence-corrected chi connectivity index (χ3v) is 5.45. The third-order valence-electron chi connectivity index (χ3n) is 5.45. The van der Waals surface area contributed by atoms with Crippen molar-refractivity contribution in [3.05, 3.63) is 46.1 Å². The monoisotopic (exact) mass is 448 g/mol. The highest BCUT2D eigenvalue weighted by Crippen LogP contribution is 2.44. The molecule has 2 heterocycles. The van der Waals surface area contributed by atoms with Gasteiger partial charge in [0.25, 0.3) is 0 Å². The van der Waals surface area contributed by atoms with Crippen LogP contribution in [-0.2, 0) is 4.74 Å². The fourth-order valence-electron chi connectivity index (χ4n) is 3.74. The fraction of sp³-hybridized carbons (Fsp3) is 0.286. The van der Waals surface area contributed by atoms with E-state index in [4.69, 9.17) is 9.15 Å². The fourth-order valence-corrected chi connectivity index (χ4v) is 3.74. The molecule has 8 N–H and O–H groups in total. The van der Waals surface area contributed by atoms with Crippen LogP contribution in [0, 0.1) is 0 Å². The van der Waals surface area contributed by atoms with Crippen molar-refractivity contribution < 1.29 is 50.0 Å². The molecular formula is C21H20O11. The zero-order valence-corrected chi connectivity index (χ0v) is 16.3. The molecule has 1 aliphatic heterocycles. The number of ether oxygens (including phenoxy) is 1. The number of benzene rings is 2. The van der Waals surface area contributed by atoms with E-state index in [2.05, 4.69) is 0 Å². The number of aromatic hydroxyl groups is 4. The summed E-state index contributed by atoms with van der Waals surface area (Å²) in [7, 11) is 0. The Morgan fingerprint density at radius 3 is 2.22 bits per heavy atom. The molecule has 0 radical (unpaired) electrons. The molecule has 2 aromatic carbocycles. The van der Waals surface area contributed by atoms with Crippen molar-refractivity contribution in [3.63, 3.8) is 0 Å². The van der Waals surface area contributed by atoms with Gasteiger partial charge in [0.15, 0.2) is 16.9 Å². The Balaban J connectivity index is 1.86. The number of hydrogen-bond donors (Lipinski definition) is 8. The Labute approximate surface area is 179 Å². The molecule has 0 bridgehead atoms. The highest BCUT2D eigenvalue weighted by molar-refractivity contribution is 5.88. The van der Waals surface area contributed by atoms with Gasteiger partial charge in [-0.25, -0.2) is 0 Å². The Kier molecular flexibility index (Phi) is 5.44. The SMILES string of the molecule is O=c1cc(-c2ccc(O)c(O)c2)oc2cc(O)c([C@@H]3O[C@H](CO)[C@H](O)[C@H](O)[C@@H]3O)c(O)c12. The maximum atomic E-state index is 12.8. The van der Waals surface area contributed by atoms with E-state index in [0.717, 1.165) is 18.2 Å². The van der Waals surface area contributed by atoms with Crippen LogP contribution in [0.15, 0.2) is 39.5 Å². The predicted octanol–water partition coefficient (Wildman–Crippen LogP) is -0.203. The quantitative estimate of drug-likeness (QED) is 0.247. The van der Waals surface area contributed by atoms with E-state index >= 15 is 0 Å². The largest absolute Gasteiger partial charge is 0.507 e. The molecule has 0 saturated carbocycles. The van der Waals surface area contributed by atoms with Crippen molar-refractivity contribution in [2.45, 2.75) is 30.5 Å². The Hall–Kier alpha value is -3.35. The summed E-state index contributed by atoms with van der Waals surface area (Å²) in [6.07, 6.45) is -8.09. The minimum Gasteiger partial charge on any atom is -0.507 e. The molecule has 170 valence electrons. The van der Waals surface area contributed by atoms with Crippen LogP contribution >= 0.6 is 0 Å². The van der Waals surface area contributed by atoms with Gasteiger partial charge >= 0.3 is 0 Å². The van der Waals surface area contributed by atoms with Crippen LogP contribution in [0.5, 0.6) is 23.0 Å². The lowest BCUT2D eigenvalue weighted by Gasteiger charge is -2.40. The second-order valence-electron chi connectivity index (χ2n) is 7.46. The number of rotatable bonds is 3. The third kappa shape index (κ3) is 3.42. The lowest BCUT2D eigenvalue weighted by Crippen LogP contribution is -2.55. The predicted molar refractivity (Wildman–Crippen MR) is 107 cm³/mol. The molecule has 32 heavy (non-hydrogen) atoms. The van der Waals surface area contributed by atoms with Gasteiger partial charge < -0.3 is 50.0 Å². The van der Waals surface area contributed by atoms with Crippen LogP contribution in [0.25, 0.3) is 22.3 Å². The summed E-state index contributed by atoms with van der Waals surface area (Å²) in [5.41, 5.74) is -1.17. The lowest BCUT2D eigenvalue weighted by molar-refractivity contribution is -0.232. The van der Waals surface area contributed by atoms with E-state index in [1.165, 1.54) is 12.1 Å². The molecule has 1 saturated heterocycles. The summed E-state index contributed by atoms with van der Waals surface area (Å²) >= 11 is 0.